The third-order valence-electron chi connectivity index (χ3n) is 3.72. The second-order valence-electron chi connectivity index (χ2n) is 5.53. The molecule has 0 fully saturated rings. The number of rotatable bonds is 9. The molecule has 1 aromatic heterocycles. The lowest BCUT2D eigenvalue weighted by Gasteiger charge is -2.19. The third kappa shape index (κ3) is 4.75. The van der Waals surface area contributed by atoms with Crippen molar-refractivity contribution in [3.05, 3.63) is 72.1 Å². The molecule has 7 nitrogen and oxygen atoms in total. The quantitative estimate of drug-likeness (QED) is 0.497. The number of anilines is 1. The molecular weight excluding hydrogens is 400 g/mol. The Kier molecular flexibility index (Phi) is 7.27. The second kappa shape index (κ2) is 9.45. The molecule has 1 heterocycles. The number of hydrogen-bond donors (Lipinski definition) is 1. The molecule has 2 aromatic rings. The van der Waals surface area contributed by atoms with Gasteiger partial charge in [-0.25, -0.2) is 13.2 Å². The van der Waals surface area contributed by atoms with Crippen LogP contribution in [0.15, 0.2) is 65.9 Å². The van der Waals surface area contributed by atoms with Crippen LogP contribution in [-0.2, 0) is 14.8 Å². The maximum absolute atomic E-state index is 12.7. The largest absolute Gasteiger partial charge is 0.465 e. The van der Waals surface area contributed by atoms with Gasteiger partial charge in [-0.15, -0.1) is 24.5 Å². The summed E-state index contributed by atoms with van der Waals surface area (Å²) in [6.07, 6.45) is 2.98. The average molecular weight is 421 g/mol. The molecule has 0 aliphatic rings. The summed E-state index contributed by atoms with van der Waals surface area (Å²) in [4.78, 5) is 24.2. The zero-order valence-electron chi connectivity index (χ0n) is 15.3. The highest BCUT2D eigenvalue weighted by molar-refractivity contribution is 7.89. The van der Waals surface area contributed by atoms with Crippen molar-refractivity contribution < 1.29 is 22.7 Å². The monoisotopic (exact) mass is 420 g/mol. The molecule has 1 N–H and O–H groups in total. The Bertz CT molecular complexity index is 968. The van der Waals surface area contributed by atoms with E-state index in [-0.39, 0.29) is 29.1 Å². The molecule has 0 aliphatic carbocycles. The number of hydrogen-bond acceptors (Lipinski definition) is 6. The summed E-state index contributed by atoms with van der Waals surface area (Å²) in [5.41, 5.74) is 0.506. The first kappa shape index (κ1) is 21.5. The number of benzene rings is 1. The summed E-state index contributed by atoms with van der Waals surface area (Å²) in [6.45, 7) is 7.41. The van der Waals surface area contributed by atoms with Crippen LogP contribution in [0.3, 0.4) is 0 Å². The van der Waals surface area contributed by atoms with Crippen molar-refractivity contribution in [2.45, 2.75) is 4.90 Å². The first-order chi connectivity index (χ1) is 13.3. The Labute approximate surface area is 168 Å². The Morgan fingerprint density at radius 2 is 1.75 bits per heavy atom. The van der Waals surface area contributed by atoms with Crippen LogP contribution in [0.1, 0.15) is 20.7 Å². The highest BCUT2D eigenvalue weighted by atomic mass is 32.2. The summed E-state index contributed by atoms with van der Waals surface area (Å²) in [5.74, 6) is -1.02. The Morgan fingerprint density at radius 3 is 2.29 bits per heavy atom. The molecule has 0 bridgehead atoms. The van der Waals surface area contributed by atoms with Crippen LogP contribution in [0.2, 0.25) is 0 Å². The van der Waals surface area contributed by atoms with Gasteiger partial charge in [-0.2, -0.15) is 4.31 Å². The van der Waals surface area contributed by atoms with Gasteiger partial charge in [-0.1, -0.05) is 12.2 Å². The lowest BCUT2D eigenvalue weighted by molar-refractivity contribution is 0.0602. The number of methoxy groups -OCH3 is 1. The molecular formula is C19H20N2O5S2. The van der Waals surface area contributed by atoms with Crippen molar-refractivity contribution in [1.82, 2.24) is 4.31 Å². The van der Waals surface area contributed by atoms with Crippen molar-refractivity contribution >= 4 is 38.2 Å². The number of nitrogens with zero attached hydrogens (tertiary/aromatic N) is 1. The van der Waals surface area contributed by atoms with E-state index in [0.29, 0.717) is 5.00 Å². The highest BCUT2D eigenvalue weighted by Gasteiger charge is 2.23. The predicted octanol–water partition coefficient (Wildman–Crippen LogP) is 3.15. The van der Waals surface area contributed by atoms with Gasteiger partial charge >= 0.3 is 5.97 Å². The number of thiophene rings is 1. The van der Waals surface area contributed by atoms with Crippen molar-refractivity contribution in [2.75, 3.05) is 25.5 Å². The Hall–Kier alpha value is -2.75. The summed E-state index contributed by atoms with van der Waals surface area (Å²) in [6, 6.07) is 7.09. The average Bonchev–Trinajstić information content (AvgIpc) is 3.15. The van der Waals surface area contributed by atoms with Crippen LogP contribution in [0, 0.1) is 0 Å². The molecule has 28 heavy (non-hydrogen) atoms. The van der Waals surface area contributed by atoms with E-state index in [9.17, 15) is 18.0 Å². The number of ether oxygens (including phenoxy) is 1. The van der Waals surface area contributed by atoms with Gasteiger partial charge in [-0.3, -0.25) is 4.79 Å². The number of nitrogens with one attached hydrogen (secondary N) is 1. The highest BCUT2D eigenvalue weighted by Crippen LogP contribution is 2.25. The summed E-state index contributed by atoms with van der Waals surface area (Å²) >= 11 is 1.18. The number of esters is 1. The SMILES string of the molecule is C=CCN(CC=C)S(=O)(=O)c1ccc(C(=O)Nc2sccc2C(=O)OC)cc1. The van der Waals surface area contributed by atoms with Crippen molar-refractivity contribution in [2.24, 2.45) is 0 Å². The van der Waals surface area contributed by atoms with Gasteiger partial charge in [0, 0.05) is 18.7 Å². The van der Waals surface area contributed by atoms with Gasteiger partial charge < -0.3 is 10.1 Å². The molecule has 0 radical (unpaired) electrons. The van der Waals surface area contributed by atoms with E-state index in [4.69, 9.17) is 0 Å². The molecule has 0 atom stereocenters. The Balaban J connectivity index is 2.21. The summed E-state index contributed by atoms with van der Waals surface area (Å²) in [7, 11) is -2.48. The molecule has 2 rings (SSSR count). The molecule has 9 heteroatoms. The van der Waals surface area contributed by atoms with Gasteiger partial charge in [0.15, 0.2) is 0 Å². The van der Waals surface area contributed by atoms with Crippen LogP contribution >= 0.6 is 11.3 Å². The first-order valence-corrected chi connectivity index (χ1v) is 10.5. The maximum atomic E-state index is 12.7. The van der Waals surface area contributed by atoms with Crippen LogP contribution in [0.25, 0.3) is 0 Å². The number of amides is 1. The van der Waals surface area contributed by atoms with Gasteiger partial charge in [0.2, 0.25) is 10.0 Å². The molecule has 0 aliphatic heterocycles. The first-order valence-electron chi connectivity index (χ1n) is 8.14. The van der Waals surface area contributed by atoms with E-state index in [1.165, 1.54) is 59.2 Å². The fourth-order valence-electron chi connectivity index (χ4n) is 2.34. The fourth-order valence-corrected chi connectivity index (χ4v) is 4.49. The normalized spacial score (nSPS) is 11.1. The van der Waals surface area contributed by atoms with Crippen molar-refractivity contribution in [3.8, 4) is 0 Å². The van der Waals surface area contributed by atoms with Crippen LogP contribution in [0.5, 0.6) is 0 Å². The van der Waals surface area contributed by atoms with E-state index in [1.54, 1.807) is 11.4 Å². The zero-order valence-corrected chi connectivity index (χ0v) is 16.9. The van der Waals surface area contributed by atoms with Crippen LogP contribution in [0.4, 0.5) is 5.00 Å². The minimum atomic E-state index is -3.74. The van der Waals surface area contributed by atoms with E-state index in [2.05, 4.69) is 23.2 Å². The van der Waals surface area contributed by atoms with Crippen molar-refractivity contribution in [1.29, 1.82) is 0 Å². The predicted molar refractivity (Wildman–Crippen MR) is 109 cm³/mol. The Morgan fingerprint density at radius 1 is 1.14 bits per heavy atom. The minimum absolute atomic E-state index is 0.0547. The number of sulfonamides is 1. The molecule has 1 amide bonds. The smallest absolute Gasteiger partial charge is 0.340 e. The lowest BCUT2D eigenvalue weighted by Crippen LogP contribution is -2.31. The van der Waals surface area contributed by atoms with E-state index in [1.807, 2.05) is 0 Å². The van der Waals surface area contributed by atoms with Crippen molar-refractivity contribution in [3.63, 3.8) is 0 Å². The summed E-state index contributed by atoms with van der Waals surface area (Å²) in [5, 5.41) is 4.65. The molecule has 1 aromatic carbocycles. The van der Waals surface area contributed by atoms with Crippen LogP contribution in [-0.4, -0.2) is 44.8 Å². The van der Waals surface area contributed by atoms with Gasteiger partial charge in [0.05, 0.1) is 17.6 Å². The number of carbonyl (C=O) groups excluding carboxylic acids is 2. The zero-order chi connectivity index (χ0) is 20.7. The topological polar surface area (TPSA) is 92.8 Å². The molecule has 0 saturated carbocycles. The number of carbonyl (C=O) groups is 2. The minimum Gasteiger partial charge on any atom is -0.465 e. The molecule has 148 valence electrons. The van der Waals surface area contributed by atoms with E-state index >= 15 is 0 Å². The summed E-state index contributed by atoms with van der Waals surface area (Å²) < 4.78 is 31.3. The van der Waals surface area contributed by atoms with Crippen LogP contribution < -0.4 is 5.32 Å². The van der Waals surface area contributed by atoms with Gasteiger partial charge in [-0.05, 0) is 35.7 Å². The van der Waals surface area contributed by atoms with E-state index < -0.39 is 21.9 Å². The van der Waals surface area contributed by atoms with E-state index in [0.717, 1.165) is 0 Å². The lowest BCUT2D eigenvalue weighted by atomic mass is 10.2. The standard InChI is InChI=1S/C19H20N2O5S2/c1-4-11-21(12-5-2)28(24,25)15-8-6-14(7-9-15)17(22)20-18-16(10-13-27-18)19(23)26-3/h4-10,13H,1-2,11-12H2,3H3,(H,20,22). The fraction of sp³-hybridized carbons (Fsp3) is 0.158. The molecule has 0 spiro atoms. The maximum Gasteiger partial charge on any atom is 0.340 e. The van der Waals surface area contributed by atoms with Gasteiger partial charge in [0.25, 0.3) is 5.91 Å². The molecule has 0 saturated heterocycles. The molecule has 0 unspecified atom stereocenters. The van der Waals surface area contributed by atoms with Gasteiger partial charge in [0.1, 0.15) is 5.00 Å². The third-order valence-corrected chi connectivity index (χ3v) is 6.39. The second-order valence-corrected chi connectivity index (χ2v) is 8.39.